The van der Waals surface area contributed by atoms with Gasteiger partial charge in [0, 0.05) is 12.7 Å². The molecule has 0 amide bonds. The van der Waals surface area contributed by atoms with Crippen LogP contribution in [0.2, 0.25) is 0 Å². The fourth-order valence-electron chi connectivity index (χ4n) is 1.59. The van der Waals surface area contributed by atoms with Crippen LogP contribution in [0.5, 0.6) is 0 Å². The zero-order valence-corrected chi connectivity index (χ0v) is 8.02. The minimum atomic E-state index is -1.23. The van der Waals surface area contributed by atoms with E-state index >= 15 is 0 Å². The van der Waals surface area contributed by atoms with E-state index in [4.69, 9.17) is 9.84 Å². The summed E-state index contributed by atoms with van der Waals surface area (Å²) in [5, 5.41) is 12.3. The van der Waals surface area contributed by atoms with Gasteiger partial charge in [0.15, 0.2) is 11.9 Å². The summed E-state index contributed by atoms with van der Waals surface area (Å²) >= 11 is 0. The predicted molar refractivity (Wildman–Crippen MR) is 48.0 cm³/mol. The smallest absolute Gasteiger partial charge is 0.356 e. The fourth-order valence-corrected chi connectivity index (χ4v) is 1.59. The topological polar surface area (TPSA) is 64.3 Å². The number of hydrogen-bond donors (Lipinski definition) is 1. The van der Waals surface area contributed by atoms with Gasteiger partial charge in [-0.05, 0) is 19.3 Å². The van der Waals surface area contributed by atoms with Crippen molar-refractivity contribution in [2.75, 3.05) is 6.61 Å². The van der Waals surface area contributed by atoms with Gasteiger partial charge in [0.05, 0.1) is 0 Å². The molecule has 2 rings (SSSR count). The summed E-state index contributed by atoms with van der Waals surface area (Å²) in [4.78, 5) is 10.6. The molecule has 82 valence electrons. The van der Waals surface area contributed by atoms with Crippen LogP contribution in [0.4, 0.5) is 4.39 Å². The lowest BCUT2D eigenvalue weighted by molar-refractivity contribution is -0.0460. The van der Waals surface area contributed by atoms with Crippen LogP contribution in [0.25, 0.3) is 0 Å². The van der Waals surface area contributed by atoms with Crippen molar-refractivity contribution in [3.63, 3.8) is 0 Å². The highest BCUT2D eigenvalue weighted by atomic mass is 19.1. The summed E-state index contributed by atoms with van der Waals surface area (Å²) in [6.07, 6.45) is 2.08. The average Bonchev–Trinajstić information content (AvgIpc) is 2.62. The quantitative estimate of drug-likeness (QED) is 0.808. The number of aromatic nitrogens is 2. The minimum Gasteiger partial charge on any atom is -0.476 e. The van der Waals surface area contributed by atoms with Gasteiger partial charge in [-0.15, -0.1) is 0 Å². The van der Waals surface area contributed by atoms with Crippen molar-refractivity contribution in [3.8, 4) is 0 Å². The average molecular weight is 214 g/mol. The molecule has 2 heterocycles. The predicted octanol–water partition coefficient (Wildman–Crippen LogP) is 1.42. The van der Waals surface area contributed by atoms with Gasteiger partial charge in [0.25, 0.3) is 0 Å². The molecule has 0 aliphatic carbocycles. The van der Waals surface area contributed by atoms with E-state index in [2.05, 4.69) is 5.10 Å². The van der Waals surface area contributed by atoms with E-state index in [1.54, 1.807) is 0 Å². The Balaban J connectivity index is 2.22. The van der Waals surface area contributed by atoms with Gasteiger partial charge >= 0.3 is 5.97 Å². The summed E-state index contributed by atoms with van der Waals surface area (Å²) < 4.78 is 19.6. The Labute approximate surface area is 85.5 Å². The Bertz CT molecular complexity index is 371. The van der Waals surface area contributed by atoms with Gasteiger partial charge in [0.2, 0.25) is 5.95 Å². The SMILES string of the molecule is O=C(O)c1cc(F)n(C2CCCCO2)n1. The van der Waals surface area contributed by atoms with Crippen molar-refractivity contribution in [1.29, 1.82) is 0 Å². The Hall–Kier alpha value is -1.43. The lowest BCUT2D eigenvalue weighted by atomic mass is 10.2. The van der Waals surface area contributed by atoms with Gasteiger partial charge in [-0.1, -0.05) is 0 Å². The van der Waals surface area contributed by atoms with Gasteiger partial charge < -0.3 is 9.84 Å². The Morgan fingerprint density at radius 2 is 2.47 bits per heavy atom. The largest absolute Gasteiger partial charge is 0.476 e. The third-order valence-electron chi connectivity index (χ3n) is 2.34. The summed E-state index contributed by atoms with van der Waals surface area (Å²) in [6, 6.07) is 0.903. The lowest BCUT2D eigenvalue weighted by Crippen LogP contribution is -2.20. The van der Waals surface area contributed by atoms with Crippen LogP contribution < -0.4 is 0 Å². The summed E-state index contributed by atoms with van der Waals surface area (Å²) in [5.41, 5.74) is -0.290. The van der Waals surface area contributed by atoms with Crippen LogP contribution in [0.1, 0.15) is 36.0 Å². The number of nitrogens with zero attached hydrogens (tertiary/aromatic N) is 2. The molecule has 1 aromatic heterocycles. The van der Waals surface area contributed by atoms with Crippen molar-refractivity contribution in [2.45, 2.75) is 25.5 Å². The standard InChI is InChI=1S/C9H11FN2O3/c10-7-5-6(9(13)14)11-12(7)8-3-1-2-4-15-8/h5,8H,1-4H2,(H,13,14). The molecule has 0 aromatic carbocycles. The molecule has 1 aromatic rings. The zero-order chi connectivity index (χ0) is 10.8. The van der Waals surface area contributed by atoms with Gasteiger partial charge in [-0.3, -0.25) is 0 Å². The van der Waals surface area contributed by atoms with E-state index in [1.807, 2.05) is 0 Å². The number of halogens is 1. The molecule has 0 saturated carbocycles. The maximum atomic E-state index is 13.3. The van der Waals surface area contributed by atoms with Crippen LogP contribution >= 0.6 is 0 Å². The van der Waals surface area contributed by atoms with Crippen LogP contribution in [-0.4, -0.2) is 27.5 Å². The molecule has 0 radical (unpaired) electrons. The highest BCUT2D eigenvalue weighted by Crippen LogP contribution is 2.23. The molecule has 6 heteroatoms. The highest BCUT2D eigenvalue weighted by Gasteiger charge is 2.22. The molecular formula is C9H11FN2O3. The second-order valence-electron chi connectivity index (χ2n) is 3.42. The lowest BCUT2D eigenvalue weighted by Gasteiger charge is -2.22. The number of carbonyl (C=O) groups is 1. The molecule has 1 aliphatic rings. The maximum Gasteiger partial charge on any atom is 0.356 e. The third kappa shape index (κ3) is 1.99. The van der Waals surface area contributed by atoms with E-state index < -0.39 is 18.1 Å². The Morgan fingerprint density at radius 3 is 3.00 bits per heavy atom. The number of hydrogen-bond acceptors (Lipinski definition) is 3. The van der Waals surface area contributed by atoms with Gasteiger partial charge in [0.1, 0.15) is 0 Å². The van der Waals surface area contributed by atoms with E-state index in [9.17, 15) is 9.18 Å². The molecule has 1 unspecified atom stereocenters. The van der Waals surface area contributed by atoms with E-state index in [0.717, 1.165) is 23.6 Å². The number of carboxylic acids is 1. The first kappa shape index (κ1) is 10.1. The van der Waals surface area contributed by atoms with E-state index in [1.165, 1.54) is 0 Å². The molecule has 1 aliphatic heterocycles. The number of aromatic carboxylic acids is 1. The first-order valence-corrected chi connectivity index (χ1v) is 4.78. The second-order valence-corrected chi connectivity index (χ2v) is 3.42. The van der Waals surface area contributed by atoms with Crippen molar-refractivity contribution in [3.05, 3.63) is 17.7 Å². The zero-order valence-electron chi connectivity index (χ0n) is 8.02. The molecule has 1 N–H and O–H groups in total. The summed E-state index contributed by atoms with van der Waals surface area (Å²) in [5.74, 6) is -1.90. The number of ether oxygens (including phenoxy) is 1. The summed E-state index contributed by atoms with van der Waals surface area (Å²) in [7, 11) is 0. The third-order valence-corrected chi connectivity index (χ3v) is 2.34. The Kier molecular flexibility index (Phi) is 2.68. The molecule has 1 atom stereocenters. The molecule has 15 heavy (non-hydrogen) atoms. The molecule has 0 spiro atoms. The molecule has 1 saturated heterocycles. The fraction of sp³-hybridized carbons (Fsp3) is 0.556. The monoisotopic (exact) mass is 214 g/mol. The first-order chi connectivity index (χ1) is 7.18. The van der Waals surface area contributed by atoms with Crippen molar-refractivity contribution in [2.24, 2.45) is 0 Å². The molecule has 0 bridgehead atoms. The maximum absolute atomic E-state index is 13.3. The van der Waals surface area contributed by atoms with E-state index in [0.29, 0.717) is 13.0 Å². The van der Waals surface area contributed by atoms with Crippen LogP contribution in [0, 0.1) is 5.95 Å². The van der Waals surface area contributed by atoms with Crippen LogP contribution in [-0.2, 0) is 4.74 Å². The minimum absolute atomic E-state index is 0.290. The Morgan fingerprint density at radius 1 is 1.67 bits per heavy atom. The second kappa shape index (κ2) is 3.98. The van der Waals surface area contributed by atoms with Crippen molar-refractivity contribution < 1.29 is 19.0 Å². The summed E-state index contributed by atoms with van der Waals surface area (Å²) in [6.45, 7) is 0.562. The molecule has 5 nitrogen and oxygen atoms in total. The molecule has 1 fully saturated rings. The normalized spacial score (nSPS) is 21.5. The van der Waals surface area contributed by atoms with Gasteiger partial charge in [-0.2, -0.15) is 9.49 Å². The van der Waals surface area contributed by atoms with Crippen LogP contribution in [0.15, 0.2) is 6.07 Å². The van der Waals surface area contributed by atoms with Crippen molar-refractivity contribution >= 4 is 5.97 Å². The van der Waals surface area contributed by atoms with Crippen molar-refractivity contribution in [1.82, 2.24) is 9.78 Å². The highest BCUT2D eigenvalue weighted by molar-refractivity contribution is 5.85. The first-order valence-electron chi connectivity index (χ1n) is 4.78. The number of carboxylic acid groups (broad SMARTS) is 1. The molecular weight excluding hydrogens is 203 g/mol. The number of rotatable bonds is 2. The van der Waals surface area contributed by atoms with E-state index in [-0.39, 0.29) is 5.69 Å². The van der Waals surface area contributed by atoms with Crippen LogP contribution in [0.3, 0.4) is 0 Å². The van der Waals surface area contributed by atoms with Gasteiger partial charge in [-0.25, -0.2) is 9.48 Å².